The lowest BCUT2D eigenvalue weighted by Gasteiger charge is -2.20. The average Bonchev–Trinajstić information content (AvgIpc) is 3.32. The van der Waals surface area contributed by atoms with Crippen LogP contribution in [0, 0.1) is 11.3 Å². The van der Waals surface area contributed by atoms with E-state index >= 15 is 0 Å². The van der Waals surface area contributed by atoms with Gasteiger partial charge in [-0.1, -0.05) is 22.6 Å². The fourth-order valence-electron chi connectivity index (χ4n) is 3.87. The largest absolute Gasteiger partial charge is 0.401 e. The number of pyridine rings is 2. The number of nitrogens with one attached hydrogen (secondary N) is 1. The number of fused-ring (bicyclic) bond motifs is 3. The van der Waals surface area contributed by atoms with Crippen LogP contribution in [-0.2, 0) is 11.5 Å². The van der Waals surface area contributed by atoms with E-state index in [2.05, 4.69) is 48.8 Å². The van der Waals surface area contributed by atoms with Crippen LogP contribution in [0.25, 0.3) is 21.9 Å². The first-order valence-electron chi connectivity index (χ1n) is 9.27. The van der Waals surface area contributed by atoms with Gasteiger partial charge in [0.25, 0.3) is 0 Å². The summed E-state index contributed by atoms with van der Waals surface area (Å²) >= 11 is 2.11. The molecule has 0 radical (unpaired) electrons. The number of alkyl halides is 4. The fraction of sp³-hybridized carbons (Fsp3) is 0.421. The number of ether oxygens (including phenoxy) is 1. The minimum atomic E-state index is -4.23. The number of nitriles is 1. The first kappa shape index (κ1) is 21.1. The smallest absolute Gasteiger partial charge is 0.369 e. The highest BCUT2D eigenvalue weighted by Gasteiger charge is 2.31. The Morgan fingerprint density at radius 1 is 1.37 bits per heavy atom. The third-order valence-electron chi connectivity index (χ3n) is 5.14. The number of hydrogen-bond donors (Lipinski definition) is 1. The summed E-state index contributed by atoms with van der Waals surface area (Å²) in [6, 6.07) is 5.40. The van der Waals surface area contributed by atoms with E-state index in [1.165, 1.54) is 0 Å². The molecule has 0 aliphatic carbocycles. The summed E-state index contributed by atoms with van der Waals surface area (Å²) in [5.41, 5.74) is 2.65. The summed E-state index contributed by atoms with van der Waals surface area (Å²) in [6.07, 6.45) is -0.300. The van der Waals surface area contributed by atoms with Gasteiger partial charge < -0.3 is 15.0 Å². The third-order valence-corrected chi connectivity index (χ3v) is 5.58. The van der Waals surface area contributed by atoms with Crippen LogP contribution in [0.3, 0.4) is 0 Å². The van der Waals surface area contributed by atoms with E-state index in [1.54, 1.807) is 18.5 Å². The molecule has 158 valence electrons. The van der Waals surface area contributed by atoms with Crippen molar-refractivity contribution in [1.82, 2.24) is 19.9 Å². The molecule has 0 bridgehead atoms. The number of halogens is 4. The van der Waals surface area contributed by atoms with Crippen LogP contribution in [0.5, 0.6) is 0 Å². The van der Waals surface area contributed by atoms with Gasteiger partial charge in [-0.3, -0.25) is 4.57 Å². The van der Waals surface area contributed by atoms with Crippen LogP contribution in [-0.4, -0.2) is 51.0 Å². The lowest BCUT2D eigenvalue weighted by molar-refractivity contribution is -0.125. The Bertz CT molecular complexity index is 1110. The standard InChI is InChI=1S/C19H18F3IN6O/c20-19(21,22)9-27-12-2-4-28(8-12)15-1-3-25-18-17(15)14-5-13(6-24)26-7-16(14)29(18)11-30-10-23/h1,3,5,7,12,27H,2,4,8-11H2. The zero-order chi connectivity index (χ0) is 21.3. The van der Waals surface area contributed by atoms with Crippen LogP contribution >= 0.6 is 22.6 Å². The monoisotopic (exact) mass is 530 g/mol. The van der Waals surface area contributed by atoms with Gasteiger partial charge >= 0.3 is 6.18 Å². The van der Waals surface area contributed by atoms with Gasteiger partial charge in [0.15, 0.2) is 0 Å². The van der Waals surface area contributed by atoms with Crippen molar-refractivity contribution in [2.45, 2.75) is 25.4 Å². The zero-order valence-corrected chi connectivity index (χ0v) is 17.9. The van der Waals surface area contributed by atoms with Crippen molar-refractivity contribution >= 4 is 50.2 Å². The molecule has 1 N–H and O–H groups in total. The summed E-state index contributed by atoms with van der Waals surface area (Å²) in [4.78, 5) is 10.8. The SMILES string of the molecule is N#Cc1cc2c3c(N4CCC(NCC(F)(F)F)C4)ccnc3n(COCI)c2cn1. The zero-order valence-electron chi connectivity index (χ0n) is 15.8. The Morgan fingerprint density at radius 3 is 2.93 bits per heavy atom. The molecule has 11 heteroatoms. The van der Waals surface area contributed by atoms with Gasteiger partial charge in [-0.15, -0.1) is 0 Å². The maximum Gasteiger partial charge on any atom is 0.401 e. The molecule has 0 aromatic carbocycles. The molecule has 1 aliphatic rings. The number of aromatic nitrogens is 3. The van der Waals surface area contributed by atoms with E-state index in [0.29, 0.717) is 29.8 Å². The predicted molar refractivity (Wildman–Crippen MR) is 114 cm³/mol. The Morgan fingerprint density at radius 2 is 2.20 bits per heavy atom. The minimum absolute atomic E-state index is 0.248. The molecule has 4 rings (SSSR count). The molecule has 1 unspecified atom stereocenters. The molecule has 0 saturated carbocycles. The number of nitrogens with zero attached hydrogens (tertiary/aromatic N) is 5. The van der Waals surface area contributed by atoms with Crippen molar-refractivity contribution in [1.29, 1.82) is 5.26 Å². The van der Waals surface area contributed by atoms with Crippen LogP contribution in [0.1, 0.15) is 12.1 Å². The van der Waals surface area contributed by atoms with Crippen LogP contribution in [0.2, 0.25) is 0 Å². The molecule has 7 nitrogen and oxygen atoms in total. The Labute approximate surface area is 184 Å². The van der Waals surface area contributed by atoms with Gasteiger partial charge in [0.2, 0.25) is 0 Å². The molecule has 30 heavy (non-hydrogen) atoms. The lowest BCUT2D eigenvalue weighted by atomic mass is 10.1. The maximum absolute atomic E-state index is 12.6. The average molecular weight is 530 g/mol. The van der Waals surface area contributed by atoms with Crippen molar-refractivity contribution in [2.24, 2.45) is 0 Å². The van der Waals surface area contributed by atoms with E-state index in [0.717, 1.165) is 22.0 Å². The Kier molecular flexibility index (Phi) is 5.99. The number of hydrogen-bond acceptors (Lipinski definition) is 6. The summed E-state index contributed by atoms with van der Waals surface area (Å²) in [5, 5.41) is 13.6. The highest BCUT2D eigenvalue weighted by molar-refractivity contribution is 14.1. The molecule has 1 saturated heterocycles. The van der Waals surface area contributed by atoms with Crippen molar-refractivity contribution in [3.63, 3.8) is 0 Å². The van der Waals surface area contributed by atoms with E-state index in [4.69, 9.17) is 4.74 Å². The molecule has 1 aliphatic heterocycles. The molecule has 4 heterocycles. The topological polar surface area (TPSA) is 79.0 Å². The highest BCUT2D eigenvalue weighted by Crippen LogP contribution is 2.36. The van der Waals surface area contributed by atoms with Gasteiger partial charge in [-0.2, -0.15) is 18.4 Å². The molecule has 0 spiro atoms. The van der Waals surface area contributed by atoms with Gasteiger partial charge in [-0.25, -0.2) is 9.97 Å². The highest BCUT2D eigenvalue weighted by atomic mass is 127. The molecular formula is C19H18F3IN6O. The van der Waals surface area contributed by atoms with E-state index in [1.807, 2.05) is 10.6 Å². The lowest BCUT2D eigenvalue weighted by Crippen LogP contribution is -2.38. The molecule has 3 aromatic heterocycles. The Balaban J connectivity index is 1.75. The van der Waals surface area contributed by atoms with Crippen molar-refractivity contribution in [3.05, 3.63) is 30.2 Å². The van der Waals surface area contributed by atoms with Gasteiger partial charge in [0.1, 0.15) is 28.8 Å². The number of anilines is 1. The maximum atomic E-state index is 12.6. The third kappa shape index (κ3) is 4.17. The quantitative estimate of drug-likeness (QED) is 0.388. The van der Waals surface area contributed by atoms with E-state index in [9.17, 15) is 18.4 Å². The summed E-state index contributed by atoms with van der Waals surface area (Å²) in [6.45, 7) is 0.369. The summed E-state index contributed by atoms with van der Waals surface area (Å²) in [5.74, 6) is 0. The number of rotatable bonds is 6. The second-order valence-electron chi connectivity index (χ2n) is 7.03. The molecule has 1 fully saturated rings. The molecule has 0 amide bonds. The van der Waals surface area contributed by atoms with E-state index < -0.39 is 12.7 Å². The van der Waals surface area contributed by atoms with Gasteiger partial charge in [0.05, 0.1) is 23.6 Å². The van der Waals surface area contributed by atoms with Crippen molar-refractivity contribution in [3.8, 4) is 6.07 Å². The van der Waals surface area contributed by atoms with Gasteiger partial charge in [0, 0.05) is 36.4 Å². The molecular weight excluding hydrogens is 512 g/mol. The summed E-state index contributed by atoms with van der Waals surface area (Å²) < 4.78 is 45.7. The fourth-order valence-corrected chi connectivity index (χ4v) is 4.07. The second-order valence-corrected chi connectivity index (χ2v) is 7.65. The Hall–Kier alpha value is -2.17. The van der Waals surface area contributed by atoms with Crippen LogP contribution in [0.4, 0.5) is 18.9 Å². The normalized spacial score (nSPS) is 17.2. The second kappa shape index (κ2) is 8.52. The van der Waals surface area contributed by atoms with Crippen molar-refractivity contribution in [2.75, 3.05) is 29.1 Å². The minimum Gasteiger partial charge on any atom is -0.369 e. The first-order chi connectivity index (χ1) is 14.4. The van der Waals surface area contributed by atoms with Crippen molar-refractivity contribution < 1.29 is 17.9 Å². The van der Waals surface area contributed by atoms with Gasteiger partial charge in [-0.05, 0) is 18.6 Å². The van der Waals surface area contributed by atoms with Crippen LogP contribution < -0.4 is 10.2 Å². The molecule has 3 aromatic rings. The summed E-state index contributed by atoms with van der Waals surface area (Å²) in [7, 11) is 0. The van der Waals surface area contributed by atoms with E-state index in [-0.39, 0.29) is 18.5 Å². The molecule has 1 atom stereocenters. The van der Waals surface area contributed by atoms with Crippen LogP contribution in [0.15, 0.2) is 24.5 Å². The first-order valence-corrected chi connectivity index (χ1v) is 10.8. The predicted octanol–water partition coefficient (Wildman–Crippen LogP) is 3.55.